The molecule has 168 valence electrons. The van der Waals surface area contributed by atoms with Crippen molar-refractivity contribution in [2.75, 3.05) is 11.9 Å². The molecule has 3 aromatic rings. The van der Waals surface area contributed by atoms with Gasteiger partial charge in [-0.15, -0.1) is 0 Å². The van der Waals surface area contributed by atoms with Crippen LogP contribution in [0.25, 0.3) is 6.08 Å². The zero-order chi connectivity index (χ0) is 23.8. The molecule has 0 unspecified atom stereocenters. The minimum Gasteiger partial charge on any atom is -0.490 e. The van der Waals surface area contributed by atoms with Crippen molar-refractivity contribution in [1.82, 2.24) is 0 Å². The summed E-state index contributed by atoms with van der Waals surface area (Å²) in [5.74, 6) is -0.681. The number of amides is 1. The maximum absolute atomic E-state index is 13.8. The molecule has 8 heteroatoms. The molecule has 0 atom stereocenters. The van der Waals surface area contributed by atoms with Gasteiger partial charge in [0.2, 0.25) is 0 Å². The van der Waals surface area contributed by atoms with Crippen molar-refractivity contribution in [3.63, 3.8) is 0 Å². The molecule has 0 bridgehead atoms. The number of benzene rings is 3. The first-order valence-electron chi connectivity index (χ1n) is 9.92. The van der Waals surface area contributed by atoms with Crippen LogP contribution in [0.3, 0.4) is 0 Å². The van der Waals surface area contributed by atoms with Crippen molar-refractivity contribution in [2.45, 2.75) is 13.5 Å². The molecule has 3 aromatic carbocycles. The Hall–Kier alpha value is -3.53. The highest BCUT2D eigenvalue weighted by Gasteiger charge is 2.16. The highest BCUT2D eigenvalue weighted by molar-refractivity contribution is 6.32. The largest absolute Gasteiger partial charge is 0.490 e. The zero-order valence-electron chi connectivity index (χ0n) is 17.6. The summed E-state index contributed by atoms with van der Waals surface area (Å²) in [7, 11) is 0. The average Bonchev–Trinajstić information content (AvgIpc) is 2.78. The zero-order valence-corrected chi connectivity index (χ0v) is 19.1. The first-order chi connectivity index (χ1) is 15.9. The molecule has 0 heterocycles. The SMILES string of the molecule is CCOc1cc(/C=C(\C#N)C(=O)Nc2ccccc2F)cc(Cl)c1OCc1cccc(Cl)c1. The lowest BCUT2D eigenvalue weighted by Crippen LogP contribution is -2.14. The summed E-state index contributed by atoms with van der Waals surface area (Å²) in [5.41, 5.74) is 1.03. The van der Waals surface area contributed by atoms with E-state index in [1.807, 2.05) is 18.2 Å². The summed E-state index contributed by atoms with van der Waals surface area (Å²) in [5, 5.41) is 12.7. The Bertz CT molecular complexity index is 1240. The summed E-state index contributed by atoms with van der Waals surface area (Å²) in [6, 6.07) is 17.9. The van der Waals surface area contributed by atoms with E-state index in [1.54, 1.807) is 37.3 Å². The number of hydrogen-bond acceptors (Lipinski definition) is 4. The van der Waals surface area contributed by atoms with E-state index < -0.39 is 11.7 Å². The lowest BCUT2D eigenvalue weighted by atomic mass is 10.1. The van der Waals surface area contributed by atoms with Crippen LogP contribution in [0.4, 0.5) is 10.1 Å². The second kappa shape index (κ2) is 11.4. The van der Waals surface area contributed by atoms with Crippen LogP contribution in [0.2, 0.25) is 10.0 Å². The molecule has 0 fully saturated rings. The van der Waals surface area contributed by atoms with Gasteiger partial charge in [0.05, 0.1) is 17.3 Å². The van der Waals surface area contributed by atoms with Crippen LogP contribution in [-0.4, -0.2) is 12.5 Å². The molecule has 0 spiro atoms. The van der Waals surface area contributed by atoms with E-state index in [4.69, 9.17) is 32.7 Å². The number of carbonyl (C=O) groups is 1. The predicted octanol–water partition coefficient (Wildman–Crippen LogP) is 6.66. The number of rotatable bonds is 8. The van der Waals surface area contributed by atoms with Crippen LogP contribution in [-0.2, 0) is 11.4 Å². The van der Waals surface area contributed by atoms with Crippen molar-refractivity contribution in [3.05, 3.63) is 93.2 Å². The van der Waals surface area contributed by atoms with Crippen molar-refractivity contribution in [1.29, 1.82) is 5.26 Å². The monoisotopic (exact) mass is 484 g/mol. The number of nitrogens with one attached hydrogen (secondary N) is 1. The van der Waals surface area contributed by atoms with Crippen LogP contribution in [0, 0.1) is 17.1 Å². The second-order valence-corrected chi connectivity index (χ2v) is 7.63. The highest BCUT2D eigenvalue weighted by Crippen LogP contribution is 2.38. The predicted molar refractivity (Wildman–Crippen MR) is 127 cm³/mol. The van der Waals surface area contributed by atoms with Crippen molar-refractivity contribution in [2.24, 2.45) is 0 Å². The van der Waals surface area contributed by atoms with Gasteiger partial charge in [-0.05, 0) is 60.5 Å². The molecule has 0 radical (unpaired) electrons. The Labute approximate surface area is 201 Å². The fourth-order valence-corrected chi connectivity index (χ4v) is 3.41. The Balaban J connectivity index is 1.86. The van der Waals surface area contributed by atoms with Gasteiger partial charge in [0.25, 0.3) is 5.91 Å². The van der Waals surface area contributed by atoms with Crippen LogP contribution in [0.5, 0.6) is 11.5 Å². The third-order valence-corrected chi connectivity index (χ3v) is 4.92. The van der Waals surface area contributed by atoms with E-state index in [0.717, 1.165) is 5.56 Å². The molecule has 0 aliphatic heterocycles. The van der Waals surface area contributed by atoms with E-state index in [0.29, 0.717) is 28.7 Å². The number of anilines is 1. The van der Waals surface area contributed by atoms with Gasteiger partial charge in [-0.1, -0.05) is 47.5 Å². The maximum atomic E-state index is 13.8. The molecular weight excluding hydrogens is 466 g/mol. The first kappa shape index (κ1) is 24.1. The number of para-hydroxylation sites is 1. The van der Waals surface area contributed by atoms with Crippen LogP contribution in [0.15, 0.2) is 66.2 Å². The van der Waals surface area contributed by atoms with Gasteiger partial charge in [-0.2, -0.15) is 5.26 Å². The summed E-state index contributed by atoms with van der Waals surface area (Å²) in [6.07, 6.45) is 1.34. The highest BCUT2D eigenvalue weighted by atomic mass is 35.5. The molecular formula is C25H19Cl2FN2O3. The van der Waals surface area contributed by atoms with Gasteiger partial charge < -0.3 is 14.8 Å². The number of hydrogen-bond donors (Lipinski definition) is 1. The summed E-state index contributed by atoms with van der Waals surface area (Å²) in [6.45, 7) is 2.36. The van der Waals surface area contributed by atoms with Crippen molar-refractivity contribution >= 4 is 40.9 Å². The fourth-order valence-electron chi connectivity index (χ4n) is 2.92. The normalized spacial score (nSPS) is 10.9. The number of nitrogens with zero attached hydrogens (tertiary/aromatic N) is 1. The van der Waals surface area contributed by atoms with E-state index >= 15 is 0 Å². The summed E-state index contributed by atoms with van der Waals surface area (Å²) >= 11 is 12.4. The van der Waals surface area contributed by atoms with Gasteiger partial charge in [0.1, 0.15) is 24.1 Å². The van der Waals surface area contributed by atoms with Gasteiger partial charge >= 0.3 is 0 Å². The quantitative estimate of drug-likeness (QED) is 0.286. The molecule has 1 amide bonds. The topological polar surface area (TPSA) is 71.3 Å². The van der Waals surface area contributed by atoms with Gasteiger partial charge in [-0.3, -0.25) is 4.79 Å². The second-order valence-electron chi connectivity index (χ2n) is 6.79. The molecule has 0 saturated carbocycles. The minimum atomic E-state index is -0.752. The molecule has 0 aromatic heterocycles. The number of nitriles is 1. The molecule has 33 heavy (non-hydrogen) atoms. The number of ether oxygens (including phenoxy) is 2. The van der Waals surface area contributed by atoms with E-state index in [2.05, 4.69) is 5.32 Å². The van der Waals surface area contributed by atoms with Gasteiger partial charge in [-0.25, -0.2) is 4.39 Å². The smallest absolute Gasteiger partial charge is 0.266 e. The third-order valence-electron chi connectivity index (χ3n) is 4.40. The lowest BCUT2D eigenvalue weighted by Gasteiger charge is -2.15. The maximum Gasteiger partial charge on any atom is 0.266 e. The fraction of sp³-hybridized carbons (Fsp3) is 0.120. The molecule has 0 aliphatic carbocycles. The average molecular weight is 485 g/mol. The van der Waals surface area contributed by atoms with Gasteiger partial charge in [0, 0.05) is 5.02 Å². The first-order valence-corrected chi connectivity index (χ1v) is 10.7. The Kier molecular flexibility index (Phi) is 8.31. The number of carbonyl (C=O) groups excluding carboxylic acids is 1. The van der Waals surface area contributed by atoms with E-state index in [9.17, 15) is 14.4 Å². The van der Waals surface area contributed by atoms with Gasteiger partial charge in [0.15, 0.2) is 11.5 Å². The van der Waals surface area contributed by atoms with E-state index in [1.165, 1.54) is 24.3 Å². The molecule has 3 rings (SSSR count). The molecule has 1 N–H and O–H groups in total. The molecule has 5 nitrogen and oxygen atoms in total. The summed E-state index contributed by atoms with van der Waals surface area (Å²) < 4.78 is 25.3. The Morgan fingerprint density at radius 2 is 1.91 bits per heavy atom. The van der Waals surface area contributed by atoms with Crippen molar-refractivity contribution in [3.8, 4) is 17.6 Å². The minimum absolute atomic E-state index is 0.0264. The van der Waals surface area contributed by atoms with Crippen LogP contribution >= 0.6 is 23.2 Å². The molecule has 0 aliphatic rings. The molecule has 0 saturated heterocycles. The van der Waals surface area contributed by atoms with Crippen molar-refractivity contribution < 1.29 is 18.7 Å². The standard InChI is InChI=1S/C25H19Cl2FN2O3/c1-2-32-23-13-17(10-18(14-29)25(31)30-22-9-4-3-8-21(22)28)12-20(27)24(23)33-15-16-6-5-7-19(26)11-16/h3-13H,2,15H2,1H3,(H,30,31)/b18-10+. The lowest BCUT2D eigenvalue weighted by molar-refractivity contribution is -0.112. The Morgan fingerprint density at radius 3 is 2.61 bits per heavy atom. The van der Waals surface area contributed by atoms with Crippen LogP contribution < -0.4 is 14.8 Å². The third kappa shape index (κ3) is 6.48. The number of halogens is 3. The Morgan fingerprint density at radius 1 is 1.12 bits per heavy atom. The summed E-state index contributed by atoms with van der Waals surface area (Å²) in [4.78, 5) is 12.5. The van der Waals surface area contributed by atoms with Crippen LogP contribution in [0.1, 0.15) is 18.1 Å². The van der Waals surface area contributed by atoms with E-state index in [-0.39, 0.29) is 22.9 Å².